The average Bonchev–Trinajstić information content (AvgIpc) is 2.82. The third-order valence-corrected chi connectivity index (χ3v) is 4.00. The highest BCUT2D eigenvalue weighted by molar-refractivity contribution is 6.31. The van der Waals surface area contributed by atoms with E-state index in [-0.39, 0.29) is 11.9 Å². The molecule has 2 aromatic carbocycles. The zero-order chi connectivity index (χ0) is 15.0. The summed E-state index contributed by atoms with van der Waals surface area (Å²) in [6.45, 7) is 0.356. The Balaban J connectivity index is 2.05. The van der Waals surface area contributed by atoms with E-state index in [9.17, 15) is 4.39 Å². The molecular formula is C15H12Cl2FN3. The van der Waals surface area contributed by atoms with E-state index < -0.39 is 0 Å². The maximum absolute atomic E-state index is 14.2. The molecule has 0 saturated heterocycles. The fourth-order valence-electron chi connectivity index (χ4n) is 2.46. The lowest BCUT2D eigenvalue weighted by atomic mass is 10.0. The number of nitrogens with two attached hydrogens (primary N) is 1. The molecule has 0 spiro atoms. The van der Waals surface area contributed by atoms with Crippen molar-refractivity contribution in [2.75, 3.05) is 11.4 Å². The highest BCUT2D eigenvalue weighted by Crippen LogP contribution is 2.36. The average molecular weight is 324 g/mol. The van der Waals surface area contributed by atoms with Crippen molar-refractivity contribution in [1.29, 1.82) is 0 Å². The molecular weight excluding hydrogens is 312 g/mol. The molecule has 1 heterocycles. The zero-order valence-corrected chi connectivity index (χ0v) is 12.4. The minimum atomic E-state index is -0.364. The van der Waals surface area contributed by atoms with Gasteiger partial charge in [-0.1, -0.05) is 29.3 Å². The molecule has 2 N–H and O–H groups in total. The molecule has 1 aliphatic rings. The Hall–Kier alpha value is -1.78. The molecule has 0 aromatic heterocycles. The molecule has 0 bridgehead atoms. The van der Waals surface area contributed by atoms with Gasteiger partial charge < -0.3 is 10.6 Å². The molecule has 0 fully saturated rings. The van der Waals surface area contributed by atoms with E-state index in [1.165, 1.54) is 6.07 Å². The lowest BCUT2D eigenvalue weighted by molar-refractivity contribution is 0.590. The number of nitrogens with zero attached hydrogens (tertiary/aromatic N) is 2. The van der Waals surface area contributed by atoms with Crippen molar-refractivity contribution in [3.63, 3.8) is 0 Å². The first kappa shape index (κ1) is 14.2. The Morgan fingerprint density at radius 3 is 2.52 bits per heavy atom. The summed E-state index contributed by atoms with van der Waals surface area (Å²) in [5.41, 5.74) is 7.15. The zero-order valence-electron chi connectivity index (χ0n) is 10.9. The quantitative estimate of drug-likeness (QED) is 0.907. The van der Waals surface area contributed by atoms with Gasteiger partial charge in [-0.3, -0.25) is 4.99 Å². The summed E-state index contributed by atoms with van der Waals surface area (Å²) in [5.74, 6) is -0.0296. The van der Waals surface area contributed by atoms with Gasteiger partial charge in [-0.05, 0) is 36.4 Å². The number of aliphatic imine (C=N–C) groups is 1. The fourth-order valence-corrected chi connectivity index (χ4v) is 2.88. The van der Waals surface area contributed by atoms with E-state index in [0.29, 0.717) is 28.1 Å². The number of guanidine groups is 1. The summed E-state index contributed by atoms with van der Waals surface area (Å²) in [5, 5.41) is 0.984. The Bertz CT molecular complexity index is 680. The summed E-state index contributed by atoms with van der Waals surface area (Å²) in [4.78, 5) is 5.98. The van der Waals surface area contributed by atoms with Crippen molar-refractivity contribution in [3.8, 4) is 0 Å². The van der Waals surface area contributed by atoms with Gasteiger partial charge >= 0.3 is 0 Å². The second-order valence-corrected chi connectivity index (χ2v) is 5.54. The second kappa shape index (κ2) is 5.54. The Morgan fingerprint density at radius 1 is 1.14 bits per heavy atom. The van der Waals surface area contributed by atoms with E-state index in [4.69, 9.17) is 28.9 Å². The molecule has 3 rings (SSSR count). The van der Waals surface area contributed by atoms with Crippen LogP contribution in [0, 0.1) is 5.82 Å². The fraction of sp³-hybridized carbons (Fsp3) is 0.133. The van der Waals surface area contributed by atoms with Gasteiger partial charge in [0.05, 0.1) is 12.6 Å². The van der Waals surface area contributed by atoms with E-state index in [0.717, 1.165) is 5.69 Å². The molecule has 6 heteroatoms. The van der Waals surface area contributed by atoms with Crippen LogP contribution in [0.15, 0.2) is 47.5 Å². The smallest absolute Gasteiger partial charge is 0.196 e. The van der Waals surface area contributed by atoms with Gasteiger partial charge in [0, 0.05) is 21.3 Å². The van der Waals surface area contributed by atoms with Crippen molar-refractivity contribution in [2.45, 2.75) is 6.04 Å². The lowest BCUT2D eigenvalue weighted by Gasteiger charge is -2.27. The van der Waals surface area contributed by atoms with Gasteiger partial charge in [-0.15, -0.1) is 0 Å². The van der Waals surface area contributed by atoms with Crippen LogP contribution in [0.2, 0.25) is 10.0 Å². The van der Waals surface area contributed by atoms with Gasteiger partial charge in [0.1, 0.15) is 5.82 Å². The van der Waals surface area contributed by atoms with Crippen LogP contribution in [0.3, 0.4) is 0 Å². The topological polar surface area (TPSA) is 41.6 Å². The summed E-state index contributed by atoms with van der Waals surface area (Å²) in [6, 6.07) is 11.4. The number of benzene rings is 2. The first-order valence-corrected chi connectivity index (χ1v) is 7.12. The first-order valence-electron chi connectivity index (χ1n) is 6.36. The Morgan fingerprint density at radius 2 is 1.86 bits per heavy atom. The summed E-state index contributed by atoms with van der Waals surface area (Å²) >= 11 is 12.1. The molecule has 21 heavy (non-hydrogen) atoms. The van der Waals surface area contributed by atoms with Crippen LogP contribution in [-0.4, -0.2) is 12.5 Å². The maximum atomic E-state index is 14.2. The molecule has 108 valence electrons. The monoisotopic (exact) mass is 323 g/mol. The maximum Gasteiger partial charge on any atom is 0.196 e. The lowest BCUT2D eigenvalue weighted by Crippen LogP contribution is -2.36. The molecule has 0 amide bonds. The minimum absolute atomic E-state index is 0.335. The molecule has 1 aliphatic heterocycles. The van der Waals surface area contributed by atoms with E-state index in [1.54, 1.807) is 29.2 Å². The molecule has 0 radical (unpaired) electrons. The third kappa shape index (κ3) is 2.57. The van der Waals surface area contributed by atoms with Gasteiger partial charge in [0.2, 0.25) is 0 Å². The van der Waals surface area contributed by atoms with Crippen molar-refractivity contribution in [1.82, 2.24) is 0 Å². The van der Waals surface area contributed by atoms with Gasteiger partial charge in [-0.2, -0.15) is 0 Å². The number of hydrogen-bond donors (Lipinski definition) is 1. The molecule has 1 atom stereocenters. The van der Waals surface area contributed by atoms with Crippen LogP contribution in [0.5, 0.6) is 0 Å². The summed E-state index contributed by atoms with van der Waals surface area (Å²) in [6.07, 6.45) is 0. The molecule has 3 nitrogen and oxygen atoms in total. The van der Waals surface area contributed by atoms with E-state index >= 15 is 0 Å². The number of rotatable bonds is 2. The van der Waals surface area contributed by atoms with E-state index in [1.807, 2.05) is 12.1 Å². The molecule has 1 unspecified atom stereocenters. The molecule has 0 saturated carbocycles. The van der Waals surface area contributed by atoms with Crippen molar-refractivity contribution in [3.05, 3.63) is 63.9 Å². The predicted octanol–water partition coefficient (Wildman–Crippen LogP) is 4.01. The highest BCUT2D eigenvalue weighted by Gasteiger charge is 2.32. The highest BCUT2D eigenvalue weighted by atomic mass is 35.5. The van der Waals surface area contributed by atoms with Crippen molar-refractivity contribution < 1.29 is 4.39 Å². The van der Waals surface area contributed by atoms with E-state index in [2.05, 4.69) is 4.99 Å². The minimum Gasteiger partial charge on any atom is -0.369 e. The van der Waals surface area contributed by atoms with Crippen LogP contribution in [0.25, 0.3) is 0 Å². The van der Waals surface area contributed by atoms with Crippen molar-refractivity contribution >= 4 is 34.8 Å². The van der Waals surface area contributed by atoms with Crippen LogP contribution in [0.1, 0.15) is 11.6 Å². The summed E-state index contributed by atoms with van der Waals surface area (Å²) in [7, 11) is 0. The third-order valence-electron chi connectivity index (χ3n) is 3.42. The molecule has 2 aromatic rings. The van der Waals surface area contributed by atoms with Gasteiger partial charge in [0.15, 0.2) is 5.96 Å². The van der Waals surface area contributed by atoms with Crippen LogP contribution in [0.4, 0.5) is 10.1 Å². The second-order valence-electron chi connectivity index (χ2n) is 4.70. The molecule has 0 aliphatic carbocycles. The Labute approximate surface area is 131 Å². The number of hydrogen-bond acceptors (Lipinski definition) is 3. The first-order chi connectivity index (χ1) is 10.1. The standard InChI is InChI=1S/C15H12Cl2FN3/c16-9-4-6-10(7-5-9)21-13(8-20-15(21)19)14-11(17)2-1-3-12(14)18/h1-7,13H,8H2,(H2,19,20). The SMILES string of the molecule is NC1=NCC(c2c(F)cccc2Cl)N1c1ccc(Cl)cc1. The largest absolute Gasteiger partial charge is 0.369 e. The van der Waals surface area contributed by atoms with Gasteiger partial charge in [-0.25, -0.2) is 4.39 Å². The predicted molar refractivity (Wildman–Crippen MR) is 84.6 cm³/mol. The van der Waals surface area contributed by atoms with Gasteiger partial charge in [0.25, 0.3) is 0 Å². The van der Waals surface area contributed by atoms with Crippen LogP contribution >= 0.6 is 23.2 Å². The van der Waals surface area contributed by atoms with Crippen LogP contribution in [-0.2, 0) is 0 Å². The normalized spacial score (nSPS) is 18.0. The number of anilines is 1. The Kier molecular flexibility index (Phi) is 3.74. The van der Waals surface area contributed by atoms with Crippen LogP contribution < -0.4 is 10.6 Å². The van der Waals surface area contributed by atoms with Crippen molar-refractivity contribution in [2.24, 2.45) is 10.7 Å². The number of halogens is 3. The summed E-state index contributed by atoms with van der Waals surface area (Å²) < 4.78 is 14.2.